The van der Waals surface area contributed by atoms with Crippen LogP contribution in [0.15, 0.2) is 247 Å². The van der Waals surface area contributed by atoms with Crippen LogP contribution in [0, 0.1) is 5.41 Å². The summed E-state index contributed by atoms with van der Waals surface area (Å²) in [7, 11) is 0. The van der Waals surface area contributed by atoms with Crippen LogP contribution >= 0.6 is 0 Å². The zero-order valence-electron chi connectivity index (χ0n) is 36.9. The second-order valence-corrected chi connectivity index (χ2v) is 16.9. The molecule has 2 N–H and O–H groups in total. The Morgan fingerprint density at radius 1 is 0.397 bits per heavy atom. The molecule has 0 saturated heterocycles. The molecule has 0 spiro atoms. The van der Waals surface area contributed by atoms with Crippen LogP contribution in [0.1, 0.15) is 33.4 Å². The Hall–Kier alpha value is -9.19. The van der Waals surface area contributed by atoms with E-state index in [1.807, 2.05) is 84.9 Å². The van der Waals surface area contributed by atoms with Gasteiger partial charge >= 0.3 is 0 Å². The van der Waals surface area contributed by atoms with E-state index >= 15 is 0 Å². The number of aromatic nitrogens is 2. The molecule has 68 heavy (non-hydrogen) atoms. The fourth-order valence-electron chi connectivity index (χ4n) is 9.46. The molecule has 9 aromatic carbocycles. The highest BCUT2D eigenvalue weighted by Gasteiger charge is 2.28. The maximum absolute atomic E-state index is 9.69. The Morgan fingerprint density at radius 3 is 1.56 bits per heavy atom. The molecule has 0 bridgehead atoms. The van der Waals surface area contributed by atoms with Crippen molar-refractivity contribution in [3.63, 3.8) is 0 Å². The van der Waals surface area contributed by atoms with Crippen molar-refractivity contribution in [3.8, 4) is 45.0 Å². The average molecular weight is 871 g/mol. The molecule has 0 amide bonds. The molecule has 0 unspecified atom stereocenters. The van der Waals surface area contributed by atoms with Crippen LogP contribution in [0.2, 0.25) is 0 Å². The molecule has 0 saturated carbocycles. The second-order valence-electron chi connectivity index (χ2n) is 16.9. The zero-order chi connectivity index (χ0) is 45.4. The monoisotopic (exact) mass is 870 g/mol. The minimum absolute atomic E-state index is 0.449. The number of hydrogen-bond acceptors (Lipinski definition) is 5. The third kappa shape index (κ3) is 7.38. The molecule has 3 heterocycles. The molecule has 11 aromatic rings. The summed E-state index contributed by atoms with van der Waals surface area (Å²) < 4.78 is 6.39. The van der Waals surface area contributed by atoms with Gasteiger partial charge in [-0.25, -0.2) is 9.97 Å². The van der Waals surface area contributed by atoms with E-state index in [0.717, 1.165) is 117 Å². The van der Waals surface area contributed by atoms with Crippen molar-refractivity contribution in [2.24, 2.45) is 0 Å². The van der Waals surface area contributed by atoms with Crippen LogP contribution in [-0.2, 0) is 0 Å². The van der Waals surface area contributed by atoms with Crippen molar-refractivity contribution in [2.45, 2.75) is 0 Å². The fourth-order valence-corrected chi connectivity index (χ4v) is 9.46. The van der Waals surface area contributed by atoms with Crippen LogP contribution in [-0.4, -0.2) is 15.7 Å². The predicted molar refractivity (Wildman–Crippen MR) is 280 cm³/mol. The maximum Gasteiger partial charge on any atom is 0.160 e. The van der Waals surface area contributed by atoms with Crippen LogP contribution in [0.4, 0.5) is 0 Å². The van der Waals surface area contributed by atoms with Crippen LogP contribution in [0.5, 0.6) is 0 Å². The summed E-state index contributed by atoms with van der Waals surface area (Å²) >= 11 is 0. The summed E-state index contributed by atoms with van der Waals surface area (Å²) in [6, 6.07) is 83.4. The van der Waals surface area contributed by atoms with Gasteiger partial charge in [-0.05, 0) is 39.9 Å². The molecule has 12 rings (SSSR count). The molecule has 0 fully saturated rings. The van der Waals surface area contributed by atoms with Gasteiger partial charge in [-0.2, -0.15) is 0 Å². The maximum atomic E-state index is 9.69. The van der Waals surface area contributed by atoms with Gasteiger partial charge in [-0.3, -0.25) is 5.41 Å². The molecule has 5 heteroatoms. The highest BCUT2D eigenvalue weighted by Crippen LogP contribution is 2.44. The van der Waals surface area contributed by atoms with E-state index in [1.165, 1.54) is 0 Å². The Morgan fingerprint density at radius 2 is 0.897 bits per heavy atom. The van der Waals surface area contributed by atoms with E-state index in [2.05, 4.69) is 163 Å². The number of benzene rings is 9. The minimum Gasteiger partial charge on any atom is -0.455 e. The van der Waals surface area contributed by atoms with Gasteiger partial charge in [0.2, 0.25) is 0 Å². The highest BCUT2D eigenvalue weighted by atomic mass is 16.3. The van der Waals surface area contributed by atoms with Crippen LogP contribution < -0.4 is 5.32 Å². The molecule has 0 radical (unpaired) electrons. The third-order valence-electron chi connectivity index (χ3n) is 12.8. The number of nitrogens with one attached hydrogen (secondary N) is 2. The Bertz CT molecular complexity index is 3730. The molecule has 320 valence electrons. The summed E-state index contributed by atoms with van der Waals surface area (Å²) in [6.07, 6.45) is 0. The standard InChI is InChI=1S/C63H42N4O/c64-59(46-20-7-2-8-21-46)58(44-18-5-1-6-19-44)61-52-28-14-13-27-51(52)57(60(67-61)47-22-9-3-10-23-47)45-38-36-43(37-39-45)55-40-54(65-63(66-55)48-24-11-4-12-25-48)42-34-32-41(33-35-42)49-29-17-30-53-50-26-15-16-31-56(50)68-62(49)53/h1-40,64,67H/b61-58-,64-59?. The Kier molecular flexibility index (Phi) is 10.3. The first kappa shape index (κ1) is 40.3. The topological polar surface area (TPSA) is 74.8 Å². The number of furan rings is 1. The molecule has 0 atom stereocenters. The smallest absolute Gasteiger partial charge is 0.160 e. The van der Waals surface area contributed by atoms with Crippen molar-refractivity contribution in [1.82, 2.24) is 15.3 Å². The second kappa shape index (κ2) is 17.3. The summed E-state index contributed by atoms with van der Waals surface area (Å²) in [5.74, 6) is 0.660. The molecule has 2 aromatic heterocycles. The Balaban J connectivity index is 0.962. The molecule has 1 aliphatic heterocycles. The number of nitrogens with zero attached hydrogens (tertiary/aromatic N) is 2. The quantitative estimate of drug-likeness (QED) is 0.142. The van der Waals surface area contributed by atoms with Crippen molar-refractivity contribution in [1.29, 1.82) is 5.41 Å². The SMILES string of the molecule is N=C(/C(=C1\NC(c2ccccc2)=C(c2ccc(-c3cc(-c4ccc(-c5cccc6c5oc5ccccc56)cc4)nc(-c4ccccc4)n3)cc2)c2ccccc21)c1ccccc1)c1ccccc1. The van der Waals surface area contributed by atoms with Crippen molar-refractivity contribution in [2.75, 3.05) is 0 Å². The highest BCUT2D eigenvalue weighted by molar-refractivity contribution is 6.36. The van der Waals surface area contributed by atoms with Gasteiger partial charge in [-0.1, -0.05) is 231 Å². The van der Waals surface area contributed by atoms with E-state index in [-0.39, 0.29) is 0 Å². The van der Waals surface area contributed by atoms with Gasteiger partial charge in [0.1, 0.15) is 11.2 Å². The zero-order valence-corrected chi connectivity index (χ0v) is 36.9. The lowest BCUT2D eigenvalue weighted by molar-refractivity contribution is 0.670. The molecule has 1 aliphatic rings. The van der Waals surface area contributed by atoms with Crippen molar-refractivity contribution < 1.29 is 4.42 Å². The van der Waals surface area contributed by atoms with E-state index in [4.69, 9.17) is 14.4 Å². The number of hydrogen-bond donors (Lipinski definition) is 2. The number of para-hydroxylation sites is 2. The number of allylic oxidation sites excluding steroid dienone is 1. The molecule has 5 nitrogen and oxygen atoms in total. The third-order valence-corrected chi connectivity index (χ3v) is 12.8. The average Bonchev–Trinajstić information content (AvgIpc) is 3.81. The minimum atomic E-state index is 0.449. The summed E-state index contributed by atoms with van der Waals surface area (Å²) in [4.78, 5) is 10.3. The molecular weight excluding hydrogens is 829 g/mol. The van der Waals surface area contributed by atoms with E-state index in [9.17, 15) is 5.41 Å². The fraction of sp³-hybridized carbons (Fsp3) is 0. The van der Waals surface area contributed by atoms with Gasteiger partial charge in [0, 0.05) is 55.3 Å². The largest absolute Gasteiger partial charge is 0.455 e. The lowest BCUT2D eigenvalue weighted by Crippen LogP contribution is -2.23. The van der Waals surface area contributed by atoms with Crippen molar-refractivity contribution in [3.05, 3.63) is 276 Å². The number of rotatable bonds is 9. The normalized spacial score (nSPS) is 13.0. The first-order valence-electron chi connectivity index (χ1n) is 22.8. The van der Waals surface area contributed by atoms with Crippen molar-refractivity contribution >= 4 is 50.2 Å². The lowest BCUT2D eigenvalue weighted by atomic mass is 9.82. The van der Waals surface area contributed by atoms with Gasteiger partial charge in [0.15, 0.2) is 5.82 Å². The summed E-state index contributed by atoms with van der Waals surface area (Å²) in [6.45, 7) is 0. The lowest BCUT2D eigenvalue weighted by Gasteiger charge is -2.30. The molecule has 0 aliphatic carbocycles. The van der Waals surface area contributed by atoms with E-state index in [1.54, 1.807) is 0 Å². The van der Waals surface area contributed by atoms with Gasteiger partial charge < -0.3 is 9.73 Å². The predicted octanol–water partition coefficient (Wildman–Crippen LogP) is 15.5. The summed E-state index contributed by atoms with van der Waals surface area (Å²) in [5, 5.41) is 15.9. The number of fused-ring (bicyclic) bond motifs is 4. The molecular formula is C63H42N4O. The van der Waals surface area contributed by atoms with Gasteiger partial charge in [0.05, 0.1) is 28.5 Å². The van der Waals surface area contributed by atoms with Crippen LogP contribution in [0.25, 0.3) is 89.5 Å². The first-order valence-corrected chi connectivity index (χ1v) is 22.8. The van der Waals surface area contributed by atoms with Crippen LogP contribution in [0.3, 0.4) is 0 Å². The van der Waals surface area contributed by atoms with Gasteiger partial charge in [-0.15, -0.1) is 0 Å². The van der Waals surface area contributed by atoms with E-state index < -0.39 is 0 Å². The first-order chi connectivity index (χ1) is 33.6. The Labute approximate surface area is 394 Å². The van der Waals surface area contributed by atoms with E-state index in [0.29, 0.717) is 11.5 Å². The van der Waals surface area contributed by atoms with Gasteiger partial charge in [0.25, 0.3) is 0 Å². The summed E-state index contributed by atoms with van der Waals surface area (Å²) in [5.41, 5.74) is 18.7.